The lowest BCUT2D eigenvalue weighted by Gasteiger charge is -2.21. The quantitative estimate of drug-likeness (QED) is 0.566. The third-order valence-corrected chi connectivity index (χ3v) is 4.69. The number of hydrogen-bond acceptors (Lipinski definition) is 4. The van der Waals surface area contributed by atoms with Crippen LogP contribution in [0.25, 0.3) is 0 Å². The molecule has 0 aliphatic rings. The minimum absolute atomic E-state index is 0.0611. The van der Waals surface area contributed by atoms with Crippen molar-refractivity contribution >= 4 is 29.1 Å². The molecule has 2 aromatic carbocycles. The van der Waals surface area contributed by atoms with Crippen molar-refractivity contribution < 1.29 is 18.4 Å². The van der Waals surface area contributed by atoms with E-state index in [2.05, 4.69) is 10.6 Å². The number of amides is 2. The van der Waals surface area contributed by atoms with Crippen LogP contribution in [0.2, 0.25) is 5.02 Å². The van der Waals surface area contributed by atoms with Crippen LogP contribution in [0.5, 0.6) is 0 Å². The number of anilines is 1. The van der Waals surface area contributed by atoms with Gasteiger partial charge < -0.3 is 15.1 Å². The highest BCUT2D eigenvalue weighted by Crippen LogP contribution is 2.22. The molecule has 0 saturated heterocycles. The number of carbonyl (C=O) groups is 2. The molecule has 0 aliphatic carbocycles. The van der Waals surface area contributed by atoms with E-state index in [0.717, 1.165) is 11.6 Å². The molecule has 8 heteroatoms. The maximum absolute atomic E-state index is 13.2. The van der Waals surface area contributed by atoms with E-state index in [-0.39, 0.29) is 23.4 Å². The van der Waals surface area contributed by atoms with Crippen molar-refractivity contribution in [3.05, 3.63) is 88.6 Å². The molecule has 1 aromatic heterocycles. The van der Waals surface area contributed by atoms with E-state index in [0.29, 0.717) is 30.1 Å². The summed E-state index contributed by atoms with van der Waals surface area (Å²) in [6.45, 7) is 0.930. The normalized spacial score (nSPS) is 10.8. The molecule has 0 aliphatic heterocycles. The third kappa shape index (κ3) is 5.92. The van der Waals surface area contributed by atoms with E-state index < -0.39 is 5.82 Å². The van der Waals surface area contributed by atoms with E-state index in [9.17, 15) is 14.0 Å². The van der Waals surface area contributed by atoms with Gasteiger partial charge in [0.25, 0.3) is 5.91 Å². The van der Waals surface area contributed by atoms with Gasteiger partial charge in [-0.25, -0.2) is 4.39 Å². The molecule has 0 bridgehead atoms. The molecule has 3 aromatic rings. The van der Waals surface area contributed by atoms with Gasteiger partial charge in [0.05, 0.1) is 30.1 Å². The van der Waals surface area contributed by atoms with Crippen LogP contribution >= 0.6 is 11.6 Å². The first-order chi connectivity index (χ1) is 14.4. The second-order valence-electron chi connectivity index (χ2n) is 6.67. The fourth-order valence-electron chi connectivity index (χ4n) is 2.94. The first-order valence-corrected chi connectivity index (χ1v) is 9.63. The van der Waals surface area contributed by atoms with Gasteiger partial charge in [-0.3, -0.25) is 14.5 Å². The van der Waals surface area contributed by atoms with Crippen LogP contribution in [0.3, 0.4) is 0 Å². The molecule has 0 unspecified atom stereocenters. The topological polar surface area (TPSA) is 74.6 Å². The first-order valence-electron chi connectivity index (χ1n) is 9.25. The van der Waals surface area contributed by atoms with Crippen LogP contribution in [-0.4, -0.2) is 30.3 Å². The molecule has 1 heterocycles. The molecule has 2 amide bonds. The smallest absolute Gasteiger partial charge is 0.251 e. The number of nitrogens with zero attached hydrogens (tertiary/aromatic N) is 1. The standard InChI is InChI=1S/C22H21ClFN3O3/c1-25-22(29)16-6-4-15(5-7-16)12-27(13-18-3-2-10-30-18)14-21(28)26-20-9-8-17(24)11-19(20)23/h2-11H,12-14H2,1H3,(H,25,29)(H,26,28). The lowest BCUT2D eigenvalue weighted by atomic mass is 10.1. The fourth-order valence-corrected chi connectivity index (χ4v) is 3.15. The molecular weight excluding hydrogens is 409 g/mol. The van der Waals surface area contributed by atoms with Crippen LogP contribution in [0.4, 0.5) is 10.1 Å². The van der Waals surface area contributed by atoms with Crippen molar-refractivity contribution in [3.63, 3.8) is 0 Å². The highest BCUT2D eigenvalue weighted by molar-refractivity contribution is 6.33. The summed E-state index contributed by atoms with van der Waals surface area (Å²) in [5, 5.41) is 5.41. The van der Waals surface area contributed by atoms with Gasteiger partial charge in [0.15, 0.2) is 0 Å². The van der Waals surface area contributed by atoms with Crippen molar-refractivity contribution in [1.82, 2.24) is 10.2 Å². The van der Waals surface area contributed by atoms with Gasteiger partial charge in [0, 0.05) is 19.2 Å². The van der Waals surface area contributed by atoms with Gasteiger partial charge in [-0.05, 0) is 48.0 Å². The SMILES string of the molecule is CNC(=O)c1ccc(CN(CC(=O)Nc2ccc(F)cc2Cl)Cc2ccco2)cc1. The zero-order valence-electron chi connectivity index (χ0n) is 16.3. The molecular formula is C22H21ClFN3O3. The fraction of sp³-hybridized carbons (Fsp3) is 0.182. The number of nitrogens with one attached hydrogen (secondary N) is 2. The number of carbonyl (C=O) groups excluding carboxylic acids is 2. The average Bonchev–Trinajstić information content (AvgIpc) is 3.23. The predicted octanol–water partition coefficient (Wildman–Crippen LogP) is 4.07. The molecule has 30 heavy (non-hydrogen) atoms. The maximum Gasteiger partial charge on any atom is 0.251 e. The Bertz CT molecular complexity index is 1010. The highest BCUT2D eigenvalue weighted by atomic mass is 35.5. The molecule has 2 N–H and O–H groups in total. The second-order valence-corrected chi connectivity index (χ2v) is 7.08. The number of rotatable bonds is 8. The molecule has 0 radical (unpaired) electrons. The van der Waals surface area contributed by atoms with E-state index in [1.165, 1.54) is 12.1 Å². The van der Waals surface area contributed by atoms with Crippen LogP contribution in [0.15, 0.2) is 65.3 Å². The van der Waals surface area contributed by atoms with Crippen molar-refractivity contribution in [3.8, 4) is 0 Å². The van der Waals surface area contributed by atoms with Gasteiger partial charge in [-0.15, -0.1) is 0 Å². The number of benzene rings is 2. The van der Waals surface area contributed by atoms with Crippen LogP contribution in [-0.2, 0) is 17.9 Å². The molecule has 0 atom stereocenters. The van der Waals surface area contributed by atoms with Crippen LogP contribution in [0.1, 0.15) is 21.7 Å². The van der Waals surface area contributed by atoms with E-state index in [1.54, 1.807) is 31.5 Å². The van der Waals surface area contributed by atoms with Gasteiger partial charge in [-0.1, -0.05) is 23.7 Å². The summed E-state index contributed by atoms with van der Waals surface area (Å²) < 4.78 is 18.6. The Morgan fingerprint density at radius 2 is 1.87 bits per heavy atom. The van der Waals surface area contributed by atoms with Gasteiger partial charge in [0.2, 0.25) is 5.91 Å². The monoisotopic (exact) mass is 429 g/mol. The largest absolute Gasteiger partial charge is 0.468 e. The Labute approximate surface area is 178 Å². The summed E-state index contributed by atoms with van der Waals surface area (Å²) in [5.74, 6) is -0.219. The van der Waals surface area contributed by atoms with Crippen LogP contribution < -0.4 is 10.6 Å². The summed E-state index contributed by atoms with van der Waals surface area (Å²) in [6.07, 6.45) is 1.57. The van der Waals surface area contributed by atoms with Crippen molar-refractivity contribution in [1.29, 1.82) is 0 Å². The predicted molar refractivity (Wildman–Crippen MR) is 113 cm³/mol. The number of furan rings is 1. The Morgan fingerprint density at radius 3 is 2.50 bits per heavy atom. The average molecular weight is 430 g/mol. The summed E-state index contributed by atoms with van der Waals surface area (Å²) in [7, 11) is 1.58. The number of hydrogen-bond donors (Lipinski definition) is 2. The van der Waals surface area contributed by atoms with Crippen molar-refractivity contribution in [2.45, 2.75) is 13.1 Å². The first kappa shape index (κ1) is 21.5. The molecule has 0 saturated carbocycles. The molecule has 0 fully saturated rings. The lowest BCUT2D eigenvalue weighted by molar-refractivity contribution is -0.117. The van der Waals surface area contributed by atoms with Crippen molar-refractivity contribution in [2.75, 3.05) is 18.9 Å². The van der Waals surface area contributed by atoms with E-state index in [1.807, 2.05) is 23.1 Å². The number of halogens is 2. The molecule has 3 rings (SSSR count). The molecule has 6 nitrogen and oxygen atoms in total. The van der Waals surface area contributed by atoms with Crippen molar-refractivity contribution in [2.24, 2.45) is 0 Å². The molecule has 0 spiro atoms. The zero-order chi connectivity index (χ0) is 21.5. The Kier molecular flexibility index (Phi) is 7.21. The molecule has 156 valence electrons. The summed E-state index contributed by atoms with van der Waals surface area (Å²) >= 11 is 5.99. The minimum Gasteiger partial charge on any atom is -0.468 e. The zero-order valence-corrected chi connectivity index (χ0v) is 17.1. The lowest BCUT2D eigenvalue weighted by Crippen LogP contribution is -2.32. The Morgan fingerprint density at radius 1 is 1.10 bits per heavy atom. The van der Waals surface area contributed by atoms with E-state index >= 15 is 0 Å². The van der Waals surface area contributed by atoms with Gasteiger partial charge in [-0.2, -0.15) is 0 Å². The van der Waals surface area contributed by atoms with E-state index in [4.69, 9.17) is 16.0 Å². The summed E-state index contributed by atoms with van der Waals surface area (Å²) in [5.41, 5.74) is 1.83. The Hall–Kier alpha value is -3.16. The minimum atomic E-state index is -0.474. The summed E-state index contributed by atoms with van der Waals surface area (Å²) in [6, 6.07) is 14.6. The van der Waals surface area contributed by atoms with Crippen LogP contribution in [0, 0.1) is 5.82 Å². The Balaban J connectivity index is 1.70. The second kappa shape index (κ2) is 10.0. The third-order valence-electron chi connectivity index (χ3n) is 4.38. The van der Waals surface area contributed by atoms with Gasteiger partial charge in [0.1, 0.15) is 11.6 Å². The summed E-state index contributed by atoms with van der Waals surface area (Å²) in [4.78, 5) is 26.2. The maximum atomic E-state index is 13.2. The van der Waals surface area contributed by atoms with Gasteiger partial charge >= 0.3 is 0 Å². The highest BCUT2D eigenvalue weighted by Gasteiger charge is 2.15.